The molecule has 0 bridgehead atoms. The van der Waals surface area contributed by atoms with Crippen LogP contribution in [-0.4, -0.2) is 69.9 Å². The van der Waals surface area contributed by atoms with E-state index in [4.69, 9.17) is 5.14 Å². The zero-order valence-corrected chi connectivity index (χ0v) is 16.1. The quantitative estimate of drug-likeness (QED) is 0.788. The van der Waals surface area contributed by atoms with E-state index < -0.39 is 26.7 Å². The van der Waals surface area contributed by atoms with Gasteiger partial charge in [0.05, 0.1) is 17.0 Å². The largest absolute Gasteiger partial charge is 0.418 e. The fraction of sp³-hybridized carbons (Fsp3) is 0.588. The van der Waals surface area contributed by atoms with Crippen molar-refractivity contribution in [3.63, 3.8) is 0 Å². The number of hydrogen-bond donors (Lipinski definition) is 1. The monoisotopic (exact) mass is 420 g/mol. The van der Waals surface area contributed by atoms with Crippen LogP contribution in [0.1, 0.15) is 18.4 Å². The van der Waals surface area contributed by atoms with Crippen LogP contribution in [0.15, 0.2) is 23.1 Å². The Morgan fingerprint density at radius 1 is 1.04 bits per heavy atom. The SMILES string of the molecule is NS(=O)(=O)c1ccc(N2CCN(CC(=O)N3CCCC3)CC2)c(C(F)(F)F)c1. The summed E-state index contributed by atoms with van der Waals surface area (Å²) in [7, 11) is -4.23. The van der Waals surface area contributed by atoms with Crippen LogP contribution in [0.2, 0.25) is 0 Å². The Hall–Kier alpha value is -1.85. The molecule has 11 heteroatoms. The molecule has 2 aliphatic heterocycles. The van der Waals surface area contributed by atoms with Gasteiger partial charge in [-0.15, -0.1) is 0 Å². The van der Waals surface area contributed by atoms with Crippen molar-refractivity contribution in [3.8, 4) is 0 Å². The molecule has 0 radical (unpaired) electrons. The van der Waals surface area contributed by atoms with Gasteiger partial charge in [0.1, 0.15) is 0 Å². The van der Waals surface area contributed by atoms with Crippen molar-refractivity contribution < 1.29 is 26.4 Å². The van der Waals surface area contributed by atoms with Crippen LogP contribution < -0.4 is 10.0 Å². The van der Waals surface area contributed by atoms with Gasteiger partial charge in [-0.2, -0.15) is 13.2 Å². The number of halogens is 3. The molecule has 0 saturated carbocycles. The first kappa shape index (κ1) is 20.9. The summed E-state index contributed by atoms with van der Waals surface area (Å²) in [5.74, 6) is 0.0550. The molecule has 2 fully saturated rings. The number of sulfonamides is 1. The van der Waals surface area contributed by atoms with Crippen molar-refractivity contribution in [3.05, 3.63) is 23.8 Å². The molecule has 1 aromatic rings. The van der Waals surface area contributed by atoms with E-state index in [0.29, 0.717) is 32.2 Å². The van der Waals surface area contributed by atoms with E-state index in [9.17, 15) is 26.4 Å². The Bertz CT molecular complexity index is 831. The number of anilines is 1. The Kier molecular flexibility index (Phi) is 5.87. The molecule has 1 aromatic carbocycles. The van der Waals surface area contributed by atoms with E-state index in [1.807, 2.05) is 9.80 Å². The molecular weight excluding hydrogens is 397 g/mol. The maximum absolute atomic E-state index is 13.5. The summed E-state index contributed by atoms with van der Waals surface area (Å²) in [6, 6.07) is 2.81. The third-order valence-electron chi connectivity index (χ3n) is 5.13. The minimum atomic E-state index is -4.71. The average molecular weight is 420 g/mol. The highest BCUT2D eigenvalue weighted by atomic mass is 32.2. The maximum Gasteiger partial charge on any atom is 0.418 e. The van der Waals surface area contributed by atoms with Crippen LogP contribution >= 0.6 is 0 Å². The van der Waals surface area contributed by atoms with E-state index in [0.717, 1.165) is 38.1 Å². The molecule has 2 saturated heterocycles. The Morgan fingerprint density at radius 2 is 1.64 bits per heavy atom. The van der Waals surface area contributed by atoms with E-state index in [-0.39, 0.29) is 18.1 Å². The summed E-state index contributed by atoms with van der Waals surface area (Å²) in [6.07, 6.45) is -2.69. The van der Waals surface area contributed by atoms with Gasteiger partial charge in [-0.3, -0.25) is 9.69 Å². The van der Waals surface area contributed by atoms with Crippen molar-refractivity contribution in [2.24, 2.45) is 5.14 Å². The highest BCUT2D eigenvalue weighted by Gasteiger charge is 2.36. The van der Waals surface area contributed by atoms with Crippen LogP contribution in [0.4, 0.5) is 18.9 Å². The molecule has 0 atom stereocenters. The number of likely N-dealkylation sites (tertiary alicyclic amines) is 1. The van der Waals surface area contributed by atoms with E-state index in [1.54, 1.807) is 4.90 Å². The highest BCUT2D eigenvalue weighted by molar-refractivity contribution is 7.89. The van der Waals surface area contributed by atoms with Crippen molar-refractivity contribution >= 4 is 21.6 Å². The van der Waals surface area contributed by atoms with Gasteiger partial charge in [-0.05, 0) is 31.0 Å². The third-order valence-corrected chi connectivity index (χ3v) is 6.04. The lowest BCUT2D eigenvalue weighted by Gasteiger charge is -2.37. The second-order valence-corrected chi connectivity index (χ2v) is 8.63. The summed E-state index contributed by atoms with van der Waals surface area (Å²) in [5.41, 5.74) is -1.11. The zero-order chi connectivity index (χ0) is 20.5. The van der Waals surface area contributed by atoms with Crippen molar-refractivity contribution in [2.75, 3.05) is 50.7 Å². The molecule has 0 aromatic heterocycles. The van der Waals surface area contributed by atoms with E-state index in [2.05, 4.69) is 0 Å². The van der Waals surface area contributed by atoms with Gasteiger partial charge in [-0.1, -0.05) is 0 Å². The van der Waals surface area contributed by atoms with Crippen molar-refractivity contribution in [1.29, 1.82) is 0 Å². The number of rotatable bonds is 4. The second-order valence-electron chi connectivity index (χ2n) is 7.07. The molecule has 156 valence electrons. The molecule has 0 unspecified atom stereocenters. The van der Waals surface area contributed by atoms with Gasteiger partial charge >= 0.3 is 6.18 Å². The lowest BCUT2D eigenvalue weighted by Crippen LogP contribution is -2.50. The fourth-order valence-corrected chi connectivity index (χ4v) is 4.14. The van der Waals surface area contributed by atoms with Crippen molar-refractivity contribution in [2.45, 2.75) is 23.9 Å². The highest BCUT2D eigenvalue weighted by Crippen LogP contribution is 2.38. The molecule has 2 aliphatic rings. The molecule has 0 aliphatic carbocycles. The smallest absolute Gasteiger partial charge is 0.368 e. The number of carbonyl (C=O) groups is 1. The van der Waals surface area contributed by atoms with Gasteiger partial charge in [0.2, 0.25) is 15.9 Å². The van der Waals surface area contributed by atoms with Gasteiger partial charge in [0.15, 0.2) is 0 Å². The number of primary sulfonamides is 1. The summed E-state index contributed by atoms with van der Waals surface area (Å²) in [4.78, 5) is 17.0. The lowest BCUT2D eigenvalue weighted by atomic mass is 10.1. The van der Waals surface area contributed by atoms with Gasteiger partial charge in [-0.25, -0.2) is 13.6 Å². The molecule has 1 amide bonds. The van der Waals surface area contributed by atoms with Gasteiger partial charge < -0.3 is 9.80 Å². The lowest BCUT2D eigenvalue weighted by molar-refractivity contribution is -0.137. The first-order chi connectivity index (χ1) is 13.1. The Labute approximate surface area is 161 Å². The van der Waals surface area contributed by atoms with Crippen LogP contribution in [0.5, 0.6) is 0 Å². The number of nitrogens with zero attached hydrogens (tertiary/aromatic N) is 3. The molecule has 3 rings (SSSR count). The van der Waals surface area contributed by atoms with E-state index >= 15 is 0 Å². The molecule has 0 spiro atoms. The molecule has 28 heavy (non-hydrogen) atoms. The maximum atomic E-state index is 13.5. The van der Waals surface area contributed by atoms with Gasteiger partial charge in [0.25, 0.3) is 0 Å². The third kappa shape index (κ3) is 4.76. The molecule has 2 heterocycles. The van der Waals surface area contributed by atoms with Crippen LogP contribution in [0.25, 0.3) is 0 Å². The predicted octanol–water partition coefficient (Wildman–Crippen LogP) is 1.10. The Morgan fingerprint density at radius 3 is 2.18 bits per heavy atom. The summed E-state index contributed by atoms with van der Waals surface area (Å²) < 4.78 is 63.2. The Balaban J connectivity index is 1.70. The topological polar surface area (TPSA) is 87.0 Å². The van der Waals surface area contributed by atoms with E-state index in [1.165, 1.54) is 0 Å². The second kappa shape index (κ2) is 7.88. The van der Waals surface area contributed by atoms with Gasteiger partial charge in [0, 0.05) is 45.0 Å². The number of hydrogen-bond acceptors (Lipinski definition) is 5. The standard InChI is InChI=1S/C17H23F3N4O3S/c18-17(19,20)14-11-13(28(21,26)27)3-4-15(14)23-9-7-22(8-10-23)12-16(25)24-5-1-2-6-24/h3-4,11H,1-2,5-10,12H2,(H2,21,26,27). The number of nitrogens with two attached hydrogens (primary N) is 1. The summed E-state index contributed by atoms with van der Waals surface area (Å²) in [5, 5.41) is 4.96. The first-order valence-electron chi connectivity index (χ1n) is 9.05. The normalized spacial score (nSPS) is 19.3. The minimum Gasteiger partial charge on any atom is -0.368 e. The number of alkyl halides is 3. The van der Waals surface area contributed by atoms with Crippen LogP contribution in [-0.2, 0) is 21.0 Å². The number of piperazine rings is 1. The van der Waals surface area contributed by atoms with Crippen LogP contribution in [0, 0.1) is 0 Å². The average Bonchev–Trinajstić information content (AvgIpc) is 3.15. The fourth-order valence-electron chi connectivity index (χ4n) is 3.60. The summed E-state index contributed by atoms with van der Waals surface area (Å²) >= 11 is 0. The number of benzene rings is 1. The predicted molar refractivity (Wildman–Crippen MR) is 97.3 cm³/mol. The first-order valence-corrected chi connectivity index (χ1v) is 10.6. The number of carbonyl (C=O) groups excluding carboxylic acids is 1. The molecule has 7 nitrogen and oxygen atoms in total. The van der Waals surface area contributed by atoms with Crippen molar-refractivity contribution in [1.82, 2.24) is 9.80 Å². The number of amides is 1. The summed E-state index contributed by atoms with van der Waals surface area (Å²) in [6.45, 7) is 3.33. The zero-order valence-electron chi connectivity index (χ0n) is 15.3. The van der Waals surface area contributed by atoms with Crippen LogP contribution in [0.3, 0.4) is 0 Å². The minimum absolute atomic E-state index is 0.0550. The molecular formula is C17H23F3N4O3S. The molecule has 2 N–H and O–H groups in total.